The molecule has 1 aromatic heterocycles. The maximum atomic E-state index is 13.6. The third-order valence-electron chi connectivity index (χ3n) is 6.25. The first-order chi connectivity index (χ1) is 18.4. The first-order valence-corrected chi connectivity index (χ1v) is 13.3. The van der Waals surface area contributed by atoms with Crippen molar-refractivity contribution in [2.45, 2.75) is 35.9 Å². The van der Waals surface area contributed by atoms with Crippen LogP contribution in [0.5, 0.6) is 0 Å². The van der Waals surface area contributed by atoms with Gasteiger partial charge in [-0.05, 0) is 48.6 Å². The Bertz CT molecular complexity index is 1280. The van der Waals surface area contributed by atoms with E-state index in [0.717, 1.165) is 10.5 Å². The van der Waals surface area contributed by atoms with Crippen LogP contribution in [-0.4, -0.2) is 59.6 Å². The van der Waals surface area contributed by atoms with Crippen LogP contribution in [0, 0.1) is 0 Å². The van der Waals surface area contributed by atoms with Crippen LogP contribution >= 0.6 is 11.8 Å². The van der Waals surface area contributed by atoms with Gasteiger partial charge in [-0.2, -0.15) is 0 Å². The molecule has 1 aliphatic heterocycles. The second-order valence-electron chi connectivity index (χ2n) is 8.80. The second-order valence-corrected chi connectivity index (χ2v) is 9.68. The summed E-state index contributed by atoms with van der Waals surface area (Å²) in [5.41, 5.74) is 7.00. The molecule has 0 unspecified atom stereocenters. The minimum Gasteiger partial charge on any atom is -0.459 e. The monoisotopic (exact) mass is 535 g/mol. The van der Waals surface area contributed by atoms with Crippen molar-refractivity contribution in [1.82, 2.24) is 15.5 Å². The van der Waals surface area contributed by atoms with E-state index in [0.29, 0.717) is 12.1 Å². The van der Waals surface area contributed by atoms with E-state index in [1.54, 1.807) is 23.9 Å². The van der Waals surface area contributed by atoms with Crippen LogP contribution in [0.25, 0.3) is 0 Å². The van der Waals surface area contributed by atoms with Gasteiger partial charge in [-0.3, -0.25) is 14.4 Å². The van der Waals surface area contributed by atoms with Gasteiger partial charge in [0.25, 0.3) is 5.91 Å². The molecule has 1 saturated heterocycles. The number of amides is 5. The molecule has 0 saturated carbocycles. The van der Waals surface area contributed by atoms with Gasteiger partial charge in [-0.15, -0.1) is 11.8 Å². The number of urea groups is 1. The topological polar surface area (TPSA) is 147 Å². The summed E-state index contributed by atoms with van der Waals surface area (Å²) >= 11 is 1.54. The van der Waals surface area contributed by atoms with E-state index >= 15 is 0 Å². The second kappa shape index (κ2) is 12.3. The normalized spacial score (nSPS) is 17.4. The summed E-state index contributed by atoms with van der Waals surface area (Å²) in [5, 5.41) is 8.29. The van der Waals surface area contributed by atoms with Gasteiger partial charge in [0, 0.05) is 23.5 Å². The summed E-state index contributed by atoms with van der Waals surface area (Å²) in [6, 6.07) is 16.2. The molecule has 3 aromatic rings. The third kappa shape index (κ3) is 6.54. The first kappa shape index (κ1) is 26.8. The van der Waals surface area contributed by atoms with Crippen molar-refractivity contribution in [2.75, 3.05) is 18.1 Å². The molecular weight excluding hydrogens is 506 g/mol. The van der Waals surface area contributed by atoms with E-state index in [9.17, 15) is 19.2 Å². The third-order valence-corrected chi connectivity index (χ3v) is 6.97. The largest absolute Gasteiger partial charge is 0.459 e. The Hall–Kier alpha value is -4.25. The number of hydrogen-bond acceptors (Lipinski definition) is 6. The lowest BCUT2D eigenvalue weighted by atomic mass is 10.0. The van der Waals surface area contributed by atoms with Crippen LogP contribution < -0.4 is 21.7 Å². The van der Waals surface area contributed by atoms with Crippen molar-refractivity contribution < 1.29 is 23.6 Å². The van der Waals surface area contributed by atoms with Crippen LogP contribution in [0.3, 0.4) is 0 Å². The number of thioether (sulfide) groups is 1. The fourth-order valence-corrected chi connectivity index (χ4v) is 4.86. The van der Waals surface area contributed by atoms with Gasteiger partial charge in [-0.25, -0.2) is 4.79 Å². The summed E-state index contributed by atoms with van der Waals surface area (Å²) in [6.45, 7) is 0.199. The lowest BCUT2D eigenvalue weighted by Crippen LogP contribution is -2.58. The molecule has 0 aliphatic carbocycles. The maximum absolute atomic E-state index is 13.6. The standard InChI is InChI=1S/C27H29N5O5S/c1-38-19-10-5-9-18(16-19)29-27(36)31-20-12-13-32(26(35)22-11-6-14-37-22)23(20)25(34)30-21(24(28)33)15-17-7-3-2-4-8-17/h2-11,14,16,20-21,23H,12-13,15H2,1H3,(H2,28,33)(H,30,34)(H2,29,31,36)/t20-,21+,23-/m0/s1. The molecule has 2 heterocycles. The molecule has 0 spiro atoms. The van der Waals surface area contributed by atoms with Gasteiger partial charge in [0.1, 0.15) is 12.1 Å². The van der Waals surface area contributed by atoms with E-state index < -0.39 is 41.9 Å². The zero-order valence-electron chi connectivity index (χ0n) is 20.8. The molecule has 38 heavy (non-hydrogen) atoms. The number of nitrogens with zero attached hydrogens (tertiary/aromatic N) is 1. The van der Waals surface area contributed by atoms with E-state index in [-0.39, 0.29) is 18.7 Å². The fourth-order valence-electron chi connectivity index (χ4n) is 4.40. The average molecular weight is 536 g/mol. The van der Waals surface area contributed by atoms with Crippen molar-refractivity contribution in [3.05, 3.63) is 84.3 Å². The average Bonchev–Trinajstić information content (AvgIpc) is 3.59. The molecule has 0 bridgehead atoms. The molecule has 5 N–H and O–H groups in total. The molecule has 3 atom stereocenters. The predicted octanol–water partition coefficient (Wildman–Crippen LogP) is 2.62. The molecule has 198 valence electrons. The van der Waals surface area contributed by atoms with E-state index in [1.807, 2.05) is 54.8 Å². The van der Waals surface area contributed by atoms with Gasteiger partial charge in [0.05, 0.1) is 12.3 Å². The minimum absolute atomic E-state index is 0.0671. The molecule has 0 radical (unpaired) electrons. The molecule has 1 fully saturated rings. The Labute approximate surface area is 224 Å². The first-order valence-electron chi connectivity index (χ1n) is 12.1. The van der Waals surface area contributed by atoms with Gasteiger partial charge in [0.2, 0.25) is 11.8 Å². The van der Waals surface area contributed by atoms with Crippen molar-refractivity contribution >= 4 is 41.2 Å². The van der Waals surface area contributed by atoms with Crippen molar-refractivity contribution in [1.29, 1.82) is 0 Å². The smallest absolute Gasteiger partial charge is 0.319 e. The van der Waals surface area contributed by atoms with E-state index in [4.69, 9.17) is 10.2 Å². The van der Waals surface area contributed by atoms with Gasteiger partial charge in [-0.1, -0.05) is 36.4 Å². The van der Waals surface area contributed by atoms with Crippen LogP contribution in [0.1, 0.15) is 22.5 Å². The zero-order valence-corrected chi connectivity index (χ0v) is 21.6. The summed E-state index contributed by atoms with van der Waals surface area (Å²) in [7, 11) is 0. The van der Waals surface area contributed by atoms with Gasteiger partial charge < -0.3 is 31.0 Å². The number of rotatable bonds is 9. The summed E-state index contributed by atoms with van der Waals surface area (Å²) in [6.07, 6.45) is 3.81. The Morgan fingerprint density at radius 3 is 2.55 bits per heavy atom. The number of primary amides is 1. The summed E-state index contributed by atoms with van der Waals surface area (Å²) in [4.78, 5) is 54.1. The molecule has 4 rings (SSSR count). The Morgan fingerprint density at radius 1 is 1.08 bits per heavy atom. The van der Waals surface area contributed by atoms with E-state index in [2.05, 4.69) is 16.0 Å². The van der Waals surface area contributed by atoms with Crippen molar-refractivity contribution in [3.8, 4) is 0 Å². The number of carbonyl (C=O) groups excluding carboxylic acids is 4. The number of anilines is 1. The van der Waals surface area contributed by atoms with Gasteiger partial charge in [0.15, 0.2) is 5.76 Å². The number of nitrogens with two attached hydrogens (primary N) is 1. The maximum Gasteiger partial charge on any atom is 0.319 e. The lowest BCUT2D eigenvalue weighted by molar-refractivity contribution is -0.130. The number of likely N-dealkylation sites (tertiary alicyclic amines) is 1. The fraction of sp³-hybridized carbons (Fsp3) is 0.259. The highest BCUT2D eigenvalue weighted by Gasteiger charge is 2.44. The highest BCUT2D eigenvalue weighted by atomic mass is 32.2. The summed E-state index contributed by atoms with van der Waals surface area (Å²) in [5.74, 6) is -1.74. The number of furan rings is 1. The molecule has 10 nitrogen and oxygen atoms in total. The summed E-state index contributed by atoms with van der Waals surface area (Å²) < 4.78 is 5.25. The SMILES string of the molecule is CSc1cccc(NC(=O)N[C@H]2CCN(C(=O)c3ccco3)[C@@H]2C(=O)N[C@H](Cc2ccccc2)C(N)=O)c1. The van der Waals surface area contributed by atoms with Crippen LogP contribution in [0.4, 0.5) is 10.5 Å². The molecule has 1 aliphatic rings. The highest BCUT2D eigenvalue weighted by molar-refractivity contribution is 7.98. The van der Waals surface area contributed by atoms with E-state index in [1.165, 1.54) is 17.2 Å². The number of benzene rings is 2. The number of hydrogen-bond donors (Lipinski definition) is 4. The highest BCUT2D eigenvalue weighted by Crippen LogP contribution is 2.23. The zero-order chi connectivity index (χ0) is 27.1. The molecule has 2 aromatic carbocycles. The predicted molar refractivity (Wildman–Crippen MR) is 144 cm³/mol. The van der Waals surface area contributed by atoms with Crippen molar-refractivity contribution in [3.63, 3.8) is 0 Å². The Kier molecular flexibility index (Phi) is 8.70. The van der Waals surface area contributed by atoms with Crippen LogP contribution in [-0.2, 0) is 16.0 Å². The minimum atomic E-state index is -1.09. The number of carbonyl (C=O) groups is 4. The van der Waals surface area contributed by atoms with Crippen molar-refractivity contribution in [2.24, 2.45) is 5.73 Å². The molecule has 5 amide bonds. The quantitative estimate of drug-likeness (QED) is 0.310. The molecule has 11 heteroatoms. The Balaban J connectivity index is 1.52. The van der Waals surface area contributed by atoms with Gasteiger partial charge >= 0.3 is 6.03 Å². The lowest BCUT2D eigenvalue weighted by Gasteiger charge is -2.28. The van der Waals surface area contributed by atoms with Crippen LogP contribution in [0.2, 0.25) is 0 Å². The van der Waals surface area contributed by atoms with Crippen LogP contribution in [0.15, 0.2) is 82.3 Å². The molecular formula is C27H29N5O5S. The number of nitrogens with one attached hydrogen (secondary N) is 3. The Morgan fingerprint density at radius 2 is 1.87 bits per heavy atom.